The molecule has 0 radical (unpaired) electrons. The van der Waals surface area contributed by atoms with Crippen molar-refractivity contribution >= 4 is 21.6 Å². The van der Waals surface area contributed by atoms with Gasteiger partial charge in [0, 0.05) is 23.8 Å². The first kappa shape index (κ1) is 19.8. The summed E-state index contributed by atoms with van der Waals surface area (Å²) in [6.07, 6.45) is 3.83. The van der Waals surface area contributed by atoms with Crippen LogP contribution in [0.4, 0.5) is 4.39 Å². The van der Waals surface area contributed by atoms with Crippen LogP contribution >= 0.6 is 11.8 Å². The average Bonchev–Trinajstić information content (AvgIpc) is 3.39. The second kappa shape index (κ2) is 8.11. The van der Waals surface area contributed by atoms with E-state index in [0.717, 1.165) is 0 Å². The van der Waals surface area contributed by atoms with Crippen molar-refractivity contribution < 1.29 is 17.2 Å². The van der Waals surface area contributed by atoms with Crippen LogP contribution in [0, 0.1) is 5.82 Å². The van der Waals surface area contributed by atoms with Gasteiger partial charge in [0.1, 0.15) is 17.9 Å². The summed E-state index contributed by atoms with van der Waals surface area (Å²) in [5, 5.41) is 9.16. The van der Waals surface area contributed by atoms with Crippen molar-refractivity contribution in [2.45, 2.75) is 29.8 Å². The fourth-order valence-electron chi connectivity index (χ4n) is 3.27. The summed E-state index contributed by atoms with van der Waals surface area (Å²) in [6, 6.07) is 6.06. The molecular weight excluding hydrogens is 415 g/mol. The van der Waals surface area contributed by atoms with Crippen molar-refractivity contribution in [1.29, 1.82) is 0 Å². The van der Waals surface area contributed by atoms with Crippen molar-refractivity contribution in [3.8, 4) is 11.5 Å². The van der Waals surface area contributed by atoms with Crippen molar-refractivity contribution in [1.82, 2.24) is 19.7 Å². The van der Waals surface area contributed by atoms with Crippen molar-refractivity contribution in [2.75, 3.05) is 11.5 Å². The van der Waals surface area contributed by atoms with E-state index in [1.165, 1.54) is 30.2 Å². The number of nitrogens with zero attached hydrogens (tertiary/aromatic N) is 4. The quantitative estimate of drug-likeness (QED) is 0.415. The number of hydrogen-bond donors (Lipinski definition) is 0. The predicted molar refractivity (Wildman–Crippen MR) is 108 cm³/mol. The lowest BCUT2D eigenvalue weighted by molar-refractivity contribution is 0.571. The lowest BCUT2D eigenvalue weighted by Gasteiger charge is -2.10. The molecule has 1 saturated heterocycles. The molecule has 1 atom stereocenters. The van der Waals surface area contributed by atoms with Gasteiger partial charge in [0.05, 0.1) is 17.2 Å². The van der Waals surface area contributed by atoms with Gasteiger partial charge in [-0.3, -0.25) is 0 Å². The van der Waals surface area contributed by atoms with Crippen LogP contribution in [0.1, 0.15) is 23.9 Å². The molecule has 10 heteroatoms. The van der Waals surface area contributed by atoms with Crippen LogP contribution in [0.3, 0.4) is 0 Å². The summed E-state index contributed by atoms with van der Waals surface area (Å²) in [4.78, 5) is 4.40. The predicted octanol–water partition coefficient (Wildman–Crippen LogP) is 3.45. The van der Waals surface area contributed by atoms with Gasteiger partial charge in [0.25, 0.3) is 0 Å². The van der Waals surface area contributed by atoms with Crippen molar-refractivity contribution in [3.05, 3.63) is 60.5 Å². The maximum Gasteiger partial charge on any atom is 0.226 e. The highest BCUT2D eigenvalue weighted by molar-refractivity contribution is 7.98. The summed E-state index contributed by atoms with van der Waals surface area (Å²) >= 11 is 1.43. The Labute approximate surface area is 172 Å². The largest absolute Gasteiger partial charge is 0.444 e. The Balaban J connectivity index is 1.49. The number of thioether (sulfide) groups is 1. The minimum absolute atomic E-state index is 0.104. The number of sulfone groups is 1. The van der Waals surface area contributed by atoms with E-state index in [-0.39, 0.29) is 23.2 Å². The second-order valence-corrected chi connectivity index (χ2v) is 9.95. The number of hydrogen-bond acceptors (Lipinski definition) is 7. The monoisotopic (exact) mass is 434 g/mol. The molecule has 1 aliphatic rings. The third-order valence-electron chi connectivity index (χ3n) is 4.63. The number of rotatable bonds is 7. The fraction of sp³-hybridized carbons (Fsp3) is 0.316. The number of oxazole rings is 1. The van der Waals surface area contributed by atoms with Crippen LogP contribution in [-0.2, 0) is 22.1 Å². The third-order valence-corrected chi connectivity index (χ3v) is 7.40. The number of aromatic nitrogens is 4. The highest BCUT2D eigenvalue weighted by Crippen LogP contribution is 2.31. The van der Waals surface area contributed by atoms with Crippen LogP contribution in [0.25, 0.3) is 11.5 Å². The van der Waals surface area contributed by atoms with Gasteiger partial charge in [0.15, 0.2) is 15.0 Å². The summed E-state index contributed by atoms with van der Waals surface area (Å²) in [5.74, 6) is 1.30. The lowest BCUT2D eigenvalue weighted by atomic mass is 10.1. The van der Waals surface area contributed by atoms with Gasteiger partial charge in [-0.05, 0) is 24.6 Å². The molecule has 1 aliphatic heterocycles. The molecule has 0 spiro atoms. The third kappa shape index (κ3) is 4.43. The van der Waals surface area contributed by atoms with Gasteiger partial charge in [-0.15, -0.1) is 16.8 Å². The zero-order valence-electron chi connectivity index (χ0n) is 15.5. The van der Waals surface area contributed by atoms with Crippen molar-refractivity contribution in [2.24, 2.45) is 0 Å². The maximum atomic E-state index is 13.4. The van der Waals surface area contributed by atoms with Gasteiger partial charge in [-0.1, -0.05) is 23.9 Å². The van der Waals surface area contributed by atoms with E-state index in [1.54, 1.807) is 18.2 Å². The van der Waals surface area contributed by atoms with Gasteiger partial charge in [-0.2, -0.15) is 0 Å². The maximum absolute atomic E-state index is 13.4. The van der Waals surface area contributed by atoms with Gasteiger partial charge in [-0.25, -0.2) is 17.8 Å². The molecule has 0 amide bonds. The lowest BCUT2D eigenvalue weighted by Crippen LogP contribution is -2.11. The molecule has 7 nitrogen and oxygen atoms in total. The van der Waals surface area contributed by atoms with E-state index in [1.807, 2.05) is 4.57 Å². The van der Waals surface area contributed by atoms with Gasteiger partial charge < -0.3 is 8.98 Å². The molecule has 0 bridgehead atoms. The van der Waals surface area contributed by atoms with Gasteiger partial charge in [0.2, 0.25) is 5.89 Å². The zero-order chi connectivity index (χ0) is 20.4. The van der Waals surface area contributed by atoms with Crippen LogP contribution in [-0.4, -0.2) is 39.7 Å². The van der Waals surface area contributed by atoms with Crippen LogP contribution in [0.2, 0.25) is 0 Å². The topological polar surface area (TPSA) is 90.9 Å². The van der Waals surface area contributed by atoms with E-state index < -0.39 is 9.84 Å². The minimum atomic E-state index is -3.01. The van der Waals surface area contributed by atoms with E-state index in [9.17, 15) is 12.8 Å². The molecule has 0 saturated carbocycles. The average molecular weight is 435 g/mol. The fourth-order valence-corrected chi connectivity index (χ4v) is 5.85. The van der Waals surface area contributed by atoms with E-state index >= 15 is 0 Å². The second-order valence-electron chi connectivity index (χ2n) is 6.78. The normalized spacial score (nSPS) is 18.2. The van der Waals surface area contributed by atoms with E-state index in [2.05, 4.69) is 21.8 Å². The first-order chi connectivity index (χ1) is 13.9. The highest BCUT2D eigenvalue weighted by atomic mass is 32.2. The molecule has 0 aliphatic carbocycles. The van der Waals surface area contributed by atoms with Gasteiger partial charge >= 0.3 is 0 Å². The first-order valence-electron chi connectivity index (χ1n) is 9.03. The summed E-state index contributed by atoms with van der Waals surface area (Å²) in [5.41, 5.74) is 1.26. The SMILES string of the molecule is C=CCn1c(SCc2coc(-c3cccc(F)c3)n2)nnc1[C@@H]1CCS(=O)(=O)C1. The van der Waals surface area contributed by atoms with Crippen LogP contribution < -0.4 is 0 Å². The molecule has 3 aromatic rings. The summed E-state index contributed by atoms with van der Waals surface area (Å²) in [6.45, 7) is 4.27. The number of benzene rings is 1. The standard InChI is InChI=1S/C19H19FN4O3S2/c1-2-7-24-17(14-6-8-29(25,26)12-14)22-23-19(24)28-11-16-10-27-18(21-16)13-4-3-5-15(20)9-13/h2-5,9-10,14H,1,6-8,11-12H2/t14-/m1/s1. The molecule has 152 valence electrons. The molecule has 1 fully saturated rings. The number of allylic oxidation sites excluding steroid dienone is 1. The van der Waals surface area contributed by atoms with E-state index in [4.69, 9.17) is 4.42 Å². The Morgan fingerprint density at radius 1 is 1.38 bits per heavy atom. The molecule has 29 heavy (non-hydrogen) atoms. The molecule has 3 heterocycles. The highest BCUT2D eigenvalue weighted by Gasteiger charge is 2.33. The first-order valence-corrected chi connectivity index (χ1v) is 11.8. The molecule has 0 unspecified atom stereocenters. The summed E-state index contributed by atoms with van der Waals surface area (Å²) in [7, 11) is -3.01. The Hall–Kier alpha value is -2.46. The van der Waals surface area contributed by atoms with E-state index in [0.29, 0.717) is 46.8 Å². The van der Waals surface area contributed by atoms with Crippen molar-refractivity contribution in [3.63, 3.8) is 0 Å². The molecule has 0 N–H and O–H groups in total. The number of halogens is 1. The smallest absolute Gasteiger partial charge is 0.226 e. The molecular formula is C19H19FN4O3S2. The minimum Gasteiger partial charge on any atom is -0.444 e. The Kier molecular flexibility index (Phi) is 5.55. The van der Waals surface area contributed by atoms with Crippen LogP contribution in [0.5, 0.6) is 0 Å². The molecule has 1 aromatic carbocycles. The molecule has 4 rings (SSSR count). The van der Waals surface area contributed by atoms with Crippen LogP contribution in [0.15, 0.2) is 52.8 Å². The Morgan fingerprint density at radius 3 is 2.97 bits per heavy atom. The zero-order valence-corrected chi connectivity index (χ0v) is 17.1. The summed E-state index contributed by atoms with van der Waals surface area (Å²) < 4.78 is 44.4. The molecule has 2 aromatic heterocycles. The Morgan fingerprint density at radius 2 is 2.24 bits per heavy atom. The Bertz CT molecular complexity index is 1140.